The number of amides is 1. The number of rotatable bonds is 8. The van der Waals surface area contributed by atoms with Gasteiger partial charge in [0.15, 0.2) is 0 Å². The molecule has 8 heteroatoms. The molecule has 0 fully saturated rings. The highest BCUT2D eigenvalue weighted by Gasteiger charge is 2.27. The molecule has 7 nitrogen and oxygen atoms in total. The summed E-state index contributed by atoms with van der Waals surface area (Å²) in [6.45, 7) is 0.430. The van der Waals surface area contributed by atoms with E-state index in [1.54, 1.807) is 36.7 Å². The average molecular weight is 449 g/mol. The van der Waals surface area contributed by atoms with Crippen LogP contribution in [0.3, 0.4) is 0 Å². The number of para-hydroxylation sites is 1. The summed E-state index contributed by atoms with van der Waals surface area (Å²) in [6.07, 6.45) is 4.17. The lowest BCUT2D eigenvalue weighted by molar-refractivity contribution is -0.385. The van der Waals surface area contributed by atoms with Crippen LogP contribution >= 0.6 is 11.6 Å². The molecule has 2 N–H and O–H groups in total. The van der Waals surface area contributed by atoms with Gasteiger partial charge in [0, 0.05) is 70.9 Å². The first-order valence-corrected chi connectivity index (χ1v) is 10.6. The lowest BCUT2D eigenvalue weighted by Crippen LogP contribution is -2.27. The second-order valence-electron chi connectivity index (χ2n) is 7.43. The molecule has 4 rings (SSSR count). The zero-order valence-electron chi connectivity index (χ0n) is 17.1. The number of nitrogens with zero attached hydrogens (tertiary/aromatic N) is 2. The van der Waals surface area contributed by atoms with Crippen molar-refractivity contribution in [2.75, 3.05) is 6.54 Å². The standard InChI is InChI=1S/C24H21ClN4O3/c25-16-8-9-22-20(13-16)21(15-28-22)19(18-6-1-2-7-23(18)29(31)32)14-24(30)27-12-10-17-5-3-4-11-26-17/h1-9,11,13,15,19,28H,10,12,14H2,(H,27,30). The Morgan fingerprint density at radius 3 is 2.72 bits per heavy atom. The van der Waals surface area contributed by atoms with Crippen LogP contribution in [-0.4, -0.2) is 27.3 Å². The predicted molar refractivity (Wildman–Crippen MR) is 124 cm³/mol. The number of aromatic amines is 1. The minimum Gasteiger partial charge on any atom is -0.361 e. The smallest absolute Gasteiger partial charge is 0.273 e. The summed E-state index contributed by atoms with van der Waals surface area (Å²) < 4.78 is 0. The minimum absolute atomic E-state index is 0.0184. The number of H-pyrrole nitrogens is 1. The molecule has 0 aliphatic carbocycles. The monoisotopic (exact) mass is 448 g/mol. The Kier molecular flexibility index (Phi) is 6.47. The van der Waals surface area contributed by atoms with Gasteiger partial charge in [-0.3, -0.25) is 19.9 Å². The van der Waals surface area contributed by atoms with E-state index in [4.69, 9.17) is 11.6 Å². The minimum atomic E-state index is -0.515. The second kappa shape index (κ2) is 9.62. The lowest BCUT2D eigenvalue weighted by Gasteiger charge is -2.17. The van der Waals surface area contributed by atoms with E-state index in [-0.39, 0.29) is 18.0 Å². The van der Waals surface area contributed by atoms with Gasteiger partial charge in [-0.05, 0) is 35.9 Å². The van der Waals surface area contributed by atoms with Crippen molar-refractivity contribution in [1.82, 2.24) is 15.3 Å². The molecule has 1 amide bonds. The summed E-state index contributed by atoms with van der Waals surface area (Å²) in [5.74, 6) is -0.709. The number of aromatic nitrogens is 2. The number of benzene rings is 2. The zero-order valence-corrected chi connectivity index (χ0v) is 17.9. The van der Waals surface area contributed by atoms with E-state index in [1.165, 1.54) is 6.07 Å². The Morgan fingerprint density at radius 1 is 1.12 bits per heavy atom. The van der Waals surface area contributed by atoms with Crippen LogP contribution in [0.5, 0.6) is 0 Å². The Morgan fingerprint density at radius 2 is 1.94 bits per heavy atom. The number of carbonyl (C=O) groups is 1. The molecule has 0 radical (unpaired) electrons. The maximum absolute atomic E-state index is 12.9. The molecule has 2 aromatic heterocycles. The summed E-state index contributed by atoms with van der Waals surface area (Å²) in [7, 11) is 0. The molecule has 0 saturated heterocycles. The number of carbonyl (C=O) groups excluding carboxylic acids is 1. The molecule has 0 spiro atoms. The fraction of sp³-hybridized carbons (Fsp3) is 0.167. The van der Waals surface area contributed by atoms with Gasteiger partial charge in [0.05, 0.1) is 4.92 Å². The molecule has 0 bridgehead atoms. The first-order valence-electron chi connectivity index (χ1n) is 10.2. The van der Waals surface area contributed by atoms with Crippen LogP contribution in [0.1, 0.15) is 29.2 Å². The molecule has 4 aromatic rings. The number of hydrogen-bond donors (Lipinski definition) is 2. The van der Waals surface area contributed by atoms with Gasteiger partial charge in [-0.25, -0.2) is 0 Å². The highest BCUT2D eigenvalue weighted by Crippen LogP contribution is 2.38. The van der Waals surface area contributed by atoms with Crippen molar-refractivity contribution in [1.29, 1.82) is 0 Å². The number of pyridine rings is 1. The molecule has 1 atom stereocenters. The summed E-state index contributed by atoms with van der Waals surface area (Å²) in [6, 6.07) is 17.6. The topological polar surface area (TPSA) is 101 Å². The summed E-state index contributed by atoms with van der Waals surface area (Å²) in [5.41, 5.74) is 2.99. The molecule has 0 aliphatic heterocycles. The van der Waals surface area contributed by atoms with Gasteiger partial charge in [-0.1, -0.05) is 35.9 Å². The lowest BCUT2D eigenvalue weighted by atomic mass is 9.87. The molecule has 2 heterocycles. The highest BCUT2D eigenvalue weighted by atomic mass is 35.5. The third kappa shape index (κ3) is 4.78. The number of halogens is 1. The van der Waals surface area contributed by atoms with E-state index in [1.807, 2.05) is 30.3 Å². The van der Waals surface area contributed by atoms with E-state index in [2.05, 4.69) is 15.3 Å². The predicted octanol–water partition coefficient (Wildman–Crippen LogP) is 5.01. The summed E-state index contributed by atoms with van der Waals surface area (Å²) in [4.78, 5) is 31.6. The summed E-state index contributed by atoms with van der Waals surface area (Å²) in [5, 5.41) is 16.0. The SMILES string of the molecule is O=C(CC(c1ccccc1[N+](=O)[O-])c1c[nH]c2ccc(Cl)cc12)NCCc1ccccn1. The quantitative estimate of drug-likeness (QED) is 0.292. The van der Waals surface area contributed by atoms with Crippen molar-refractivity contribution < 1.29 is 9.72 Å². The van der Waals surface area contributed by atoms with Crippen LogP contribution in [0.2, 0.25) is 5.02 Å². The fourth-order valence-electron chi connectivity index (χ4n) is 3.87. The van der Waals surface area contributed by atoms with Crippen molar-refractivity contribution in [3.63, 3.8) is 0 Å². The van der Waals surface area contributed by atoms with Crippen LogP contribution < -0.4 is 5.32 Å². The van der Waals surface area contributed by atoms with Crippen molar-refractivity contribution >= 4 is 34.1 Å². The maximum atomic E-state index is 12.9. The Labute approximate surface area is 189 Å². The molecular weight excluding hydrogens is 428 g/mol. The molecule has 0 aliphatic rings. The highest BCUT2D eigenvalue weighted by molar-refractivity contribution is 6.31. The van der Waals surface area contributed by atoms with Gasteiger partial charge in [-0.15, -0.1) is 0 Å². The number of hydrogen-bond acceptors (Lipinski definition) is 4. The Hall–Kier alpha value is -3.71. The molecule has 162 valence electrons. The van der Waals surface area contributed by atoms with Gasteiger partial charge in [0.1, 0.15) is 0 Å². The maximum Gasteiger partial charge on any atom is 0.273 e. The van der Waals surface area contributed by atoms with Crippen molar-refractivity contribution in [2.45, 2.75) is 18.8 Å². The second-order valence-corrected chi connectivity index (χ2v) is 7.86. The molecule has 32 heavy (non-hydrogen) atoms. The molecule has 0 saturated carbocycles. The third-order valence-corrected chi connectivity index (χ3v) is 5.61. The first-order chi connectivity index (χ1) is 15.5. The number of nitro groups is 1. The largest absolute Gasteiger partial charge is 0.361 e. The number of nitrogens with one attached hydrogen (secondary N) is 2. The van der Waals surface area contributed by atoms with Crippen molar-refractivity contribution in [3.8, 4) is 0 Å². The van der Waals surface area contributed by atoms with E-state index in [0.717, 1.165) is 22.2 Å². The van der Waals surface area contributed by atoms with Gasteiger partial charge in [0.25, 0.3) is 5.69 Å². The zero-order chi connectivity index (χ0) is 22.5. The van der Waals surface area contributed by atoms with E-state index in [9.17, 15) is 14.9 Å². The normalized spacial score (nSPS) is 11.9. The average Bonchev–Trinajstić information content (AvgIpc) is 3.21. The van der Waals surface area contributed by atoms with Crippen LogP contribution in [0.4, 0.5) is 5.69 Å². The van der Waals surface area contributed by atoms with Crippen LogP contribution in [-0.2, 0) is 11.2 Å². The summed E-state index contributed by atoms with van der Waals surface area (Å²) >= 11 is 6.21. The van der Waals surface area contributed by atoms with Crippen molar-refractivity contribution in [3.05, 3.63) is 105 Å². The third-order valence-electron chi connectivity index (χ3n) is 5.38. The van der Waals surface area contributed by atoms with Crippen molar-refractivity contribution in [2.24, 2.45) is 0 Å². The van der Waals surface area contributed by atoms with Gasteiger partial charge < -0.3 is 10.3 Å². The number of fused-ring (bicyclic) bond motifs is 1. The molecule has 1 unspecified atom stereocenters. The van der Waals surface area contributed by atoms with E-state index in [0.29, 0.717) is 23.6 Å². The van der Waals surface area contributed by atoms with E-state index < -0.39 is 10.8 Å². The molecule has 2 aromatic carbocycles. The fourth-order valence-corrected chi connectivity index (χ4v) is 4.04. The Balaban J connectivity index is 1.63. The Bertz CT molecular complexity index is 1260. The number of nitro benzene ring substituents is 1. The van der Waals surface area contributed by atoms with Gasteiger partial charge in [-0.2, -0.15) is 0 Å². The molecular formula is C24H21ClN4O3. The van der Waals surface area contributed by atoms with Crippen LogP contribution in [0.15, 0.2) is 73.1 Å². The first kappa shape index (κ1) is 21.5. The van der Waals surface area contributed by atoms with Gasteiger partial charge in [0.2, 0.25) is 5.91 Å². The van der Waals surface area contributed by atoms with Crippen LogP contribution in [0.25, 0.3) is 10.9 Å². The van der Waals surface area contributed by atoms with Crippen LogP contribution in [0, 0.1) is 10.1 Å². The van der Waals surface area contributed by atoms with E-state index >= 15 is 0 Å². The van der Waals surface area contributed by atoms with Gasteiger partial charge >= 0.3 is 0 Å².